The summed E-state index contributed by atoms with van der Waals surface area (Å²) in [6.07, 6.45) is 0. The van der Waals surface area contributed by atoms with Crippen LogP contribution < -0.4 is 10.2 Å². The van der Waals surface area contributed by atoms with Crippen LogP contribution in [0.2, 0.25) is 0 Å². The number of rotatable bonds is 5. The summed E-state index contributed by atoms with van der Waals surface area (Å²) in [6.45, 7) is 3.85. The Morgan fingerprint density at radius 2 is 2.22 bits per heavy atom. The molecule has 96 valence electrons. The highest BCUT2D eigenvalue weighted by molar-refractivity contribution is 7.13. The van der Waals surface area contributed by atoms with Crippen LogP contribution in [0.25, 0.3) is 0 Å². The lowest BCUT2D eigenvalue weighted by Gasteiger charge is -2.16. The topological polar surface area (TPSA) is 28.2 Å². The molecule has 4 heteroatoms. The van der Waals surface area contributed by atoms with Gasteiger partial charge in [-0.3, -0.25) is 0 Å². The fourth-order valence-corrected chi connectivity index (χ4v) is 2.68. The first-order valence-corrected chi connectivity index (χ1v) is 6.92. The molecule has 0 aliphatic carbocycles. The van der Waals surface area contributed by atoms with Gasteiger partial charge < -0.3 is 10.2 Å². The van der Waals surface area contributed by atoms with Gasteiger partial charge in [0.15, 0.2) is 5.13 Å². The van der Waals surface area contributed by atoms with Crippen molar-refractivity contribution in [2.45, 2.75) is 20.0 Å². The number of aromatic nitrogens is 1. The van der Waals surface area contributed by atoms with Crippen LogP contribution in [-0.4, -0.2) is 19.1 Å². The Hall–Kier alpha value is -1.39. The summed E-state index contributed by atoms with van der Waals surface area (Å²) < 4.78 is 0. The van der Waals surface area contributed by atoms with Gasteiger partial charge in [0.25, 0.3) is 0 Å². The molecule has 0 radical (unpaired) electrons. The van der Waals surface area contributed by atoms with Crippen molar-refractivity contribution in [2.75, 3.05) is 19.0 Å². The van der Waals surface area contributed by atoms with E-state index in [1.807, 2.05) is 7.05 Å². The van der Waals surface area contributed by atoms with Crippen LogP contribution in [0.15, 0.2) is 29.6 Å². The average molecular weight is 261 g/mol. The minimum absolute atomic E-state index is 0.828. The van der Waals surface area contributed by atoms with Crippen molar-refractivity contribution in [3.05, 3.63) is 46.5 Å². The monoisotopic (exact) mass is 261 g/mol. The third-order valence-corrected chi connectivity index (χ3v) is 3.73. The SMILES string of the molecule is CNCc1csc(N(C)Cc2cccc(C)c2)n1. The first kappa shape index (κ1) is 13.1. The molecule has 0 atom stereocenters. The average Bonchev–Trinajstić information content (AvgIpc) is 2.78. The number of nitrogens with zero attached hydrogens (tertiary/aromatic N) is 2. The highest BCUT2D eigenvalue weighted by Crippen LogP contribution is 2.21. The molecule has 18 heavy (non-hydrogen) atoms. The third kappa shape index (κ3) is 3.31. The van der Waals surface area contributed by atoms with Crippen molar-refractivity contribution in [1.82, 2.24) is 10.3 Å². The summed E-state index contributed by atoms with van der Waals surface area (Å²) in [7, 11) is 4.03. The zero-order chi connectivity index (χ0) is 13.0. The van der Waals surface area contributed by atoms with Crippen LogP contribution in [0.5, 0.6) is 0 Å². The Morgan fingerprint density at radius 3 is 2.94 bits per heavy atom. The van der Waals surface area contributed by atoms with Crippen LogP contribution in [0.3, 0.4) is 0 Å². The molecule has 0 aliphatic rings. The molecule has 0 unspecified atom stereocenters. The van der Waals surface area contributed by atoms with Gasteiger partial charge in [-0.05, 0) is 19.5 Å². The van der Waals surface area contributed by atoms with Crippen LogP contribution in [0.1, 0.15) is 16.8 Å². The predicted molar refractivity (Wildman–Crippen MR) is 78.2 cm³/mol. The summed E-state index contributed by atoms with van der Waals surface area (Å²) in [5.74, 6) is 0. The van der Waals surface area contributed by atoms with E-state index < -0.39 is 0 Å². The lowest BCUT2D eigenvalue weighted by molar-refractivity contribution is 0.792. The number of hydrogen-bond acceptors (Lipinski definition) is 4. The second-order valence-corrected chi connectivity index (χ2v) is 5.33. The van der Waals surface area contributed by atoms with E-state index in [0.29, 0.717) is 0 Å². The molecule has 2 aromatic rings. The second kappa shape index (κ2) is 5.98. The summed E-state index contributed by atoms with van der Waals surface area (Å²) in [6, 6.07) is 8.61. The van der Waals surface area contributed by atoms with Crippen LogP contribution in [0, 0.1) is 6.92 Å². The van der Waals surface area contributed by atoms with Crippen molar-refractivity contribution < 1.29 is 0 Å². The van der Waals surface area contributed by atoms with Crippen molar-refractivity contribution in [1.29, 1.82) is 0 Å². The summed E-state index contributed by atoms with van der Waals surface area (Å²) in [5, 5.41) is 6.30. The van der Waals surface area contributed by atoms with Crippen molar-refractivity contribution >= 4 is 16.5 Å². The van der Waals surface area contributed by atoms with E-state index in [2.05, 4.69) is 58.8 Å². The van der Waals surface area contributed by atoms with E-state index in [1.165, 1.54) is 11.1 Å². The lowest BCUT2D eigenvalue weighted by atomic mass is 10.1. The summed E-state index contributed by atoms with van der Waals surface area (Å²) in [4.78, 5) is 6.79. The quantitative estimate of drug-likeness (QED) is 0.897. The molecule has 1 heterocycles. The van der Waals surface area contributed by atoms with Gasteiger partial charge in [-0.15, -0.1) is 11.3 Å². The van der Waals surface area contributed by atoms with Crippen molar-refractivity contribution in [2.24, 2.45) is 0 Å². The molecule has 0 amide bonds. The van der Waals surface area contributed by atoms with E-state index in [9.17, 15) is 0 Å². The lowest BCUT2D eigenvalue weighted by Crippen LogP contribution is -2.16. The number of anilines is 1. The van der Waals surface area contributed by atoms with Crippen molar-refractivity contribution in [3.63, 3.8) is 0 Å². The zero-order valence-electron chi connectivity index (χ0n) is 11.1. The standard InChI is InChI=1S/C14H19N3S/c1-11-5-4-6-12(7-11)9-17(3)14-16-13(8-15-2)10-18-14/h4-7,10,15H,8-9H2,1-3H3. The normalized spacial score (nSPS) is 10.6. The molecule has 3 nitrogen and oxygen atoms in total. The van der Waals surface area contributed by atoms with Gasteiger partial charge in [-0.1, -0.05) is 29.8 Å². The largest absolute Gasteiger partial charge is 0.347 e. The predicted octanol–water partition coefficient (Wildman–Crippen LogP) is 2.81. The van der Waals surface area contributed by atoms with Gasteiger partial charge in [-0.2, -0.15) is 0 Å². The molecule has 0 bridgehead atoms. The van der Waals surface area contributed by atoms with Gasteiger partial charge in [0.2, 0.25) is 0 Å². The molecule has 0 saturated heterocycles. The van der Waals surface area contributed by atoms with Gasteiger partial charge >= 0.3 is 0 Å². The molecule has 1 N–H and O–H groups in total. The molecule has 0 aliphatic heterocycles. The Balaban J connectivity index is 2.04. The zero-order valence-corrected chi connectivity index (χ0v) is 11.9. The molecule has 0 fully saturated rings. The molecule has 0 spiro atoms. The Kier molecular flexibility index (Phi) is 4.33. The van der Waals surface area contributed by atoms with E-state index in [1.54, 1.807) is 11.3 Å². The smallest absolute Gasteiger partial charge is 0.185 e. The number of thiazole rings is 1. The second-order valence-electron chi connectivity index (χ2n) is 4.50. The van der Waals surface area contributed by atoms with Gasteiger partial charge in [0, 0.05) is 25.5 Å². The van der Waals surface area contributed by atoms with E-state index in [-0.39, 0.29) is 0 Å². The highest BCUT2D eigenvalue weighted by atomic mass is 32.1. The van der Waals surface area contributed by atoms with E-state index in [4.69, 9.17) is 0 Å². The van der Waals surface area contributed by atoms with Crippen molar-refractivity contribution in [3.8, 4) is 0 Å². The fraction of sp³-hybridized carbons (Fsp3) is 0.357. The number of nitrogens with one attached hydrogen (secondary N) is 1. The molecule has 0 saturated carbocycles. The maximum absolute atomic E-state index is 4.60. The molecule has 2 rings (SSSR count). The van der Waals surface area contributed by atoms with Crippen LogP contribution >= 0.6 is 11.3 Å². The highest BCUT2D eigenvalue weighted by Gasteiger charge is 2.07. The van der Waals surface area contributed by atoms with Gasteiger partial charge in [0.05, 0.1) is 5.69 Å². The van der Waals surface area contributed by atoms with Crippen LogP contribution in [-0.2, 0) is 13.1 Å². The third-order valence-electron chi connectivity index (χ3n) is 2.73. The Morgan fingerprint density at radius 1 is 1.39 bits per heavy atom. The van der Waals surface area contributed by atoms with Gasteiger partial charge in [-0.25, -0.2) is 4.98 Å². The molecular formula is C14H19N3S. The minimum Gasteiger partial charge on any atom is -0.347 e. The Bertz CT molecular complexity index is 507. The van der Waals surface area contributed by atoms with E-state index >= 15 is 0 Å². The first-order chi connectivity index (χ1) is 8.69. The Labute approximate surface area is 112 Å². The molecule has 1 aromatic heterocycles. The minimum atomic E-state index is 0.828. The maximum Gasteiger partial charge on any atom is 0.185 e. The van der Waals surface area contributed by atoms with Crippen LogP contribution in [0.4, 0.5) is 5.13 Å². The summed E-state index contributed by atoms with van der Waals surface area (Å²) in [5.41, 5.74) is 3.73. The maximum atomic E-state index is 4.60. The summed E-state index contributed by atoms with van der Waals surface area (Å²) >= 11 is 1.70. The number of aryl methyl sites for hydroxylation is 1. The number of hydrogen-bond donors (Lipinski definition) is 1. The molecular weight excluding hydrogens is 242 g/mol. The fourth-order valence-electron chi connectivity index (χ4n) is 1.89. The number of benzene rings is 1. The first-order valence-electron chi connectivity index (χ1n) is 6.04. The molecule has 1 aromatic carbocycles. The van der Waals surface area contributed by atoms with E-state index in [0.717, 1.165) is 23.9 Å². The van der Waals surface area contributed by atoms with Gasteiger partial charge in [0.1, 0.15) is 0 Å².